The molecular weight excluding hydrogens is 516 g/mol. The molecule has 3 N–H and O–H groups in total. The van der Waals surface area contributed by atoms with Gasteiger partial charge in [0.25, 0.3) is 0 Å². The number of nitrogens with zero attached hydrogens (tertiary/aromatic N) is 4. The summed E-state index contributed by atoms with van der Waals surface area (Å²) in [5, 5.41) is 4.47. The Hall–Kier alpha value is -1.09. The SMILES string of the molecule is CC(C)CONC1(OCC(C)C)N=C(N)N(OCC(C)C)C(OCC(C)C)(N(C)OCC(C)C)N1OCC(C)C. The van der Waals surface area contributed by atoms with Crippen LogP contribution < -0.4 is 11.2 Å². The van der Waals surface area contributed by atoms with Crippen molar-refractivity contribution in [3.05, 3.63) is 0 Å². The van der Waals surface area contributed by atoms with Crippen LogP contribution in [0, 0.1) is 35.5 Å². The Labute approximate surface area is 243 Å². The lowest BCUT2D eigenvalue weighted by molar-refractivity contribution is -0.550. The summed E-state index contributed by atoms with van der Waals surface area (Å²) in [7, 11) is 1.76. The minimum absolute atomic E-state index is 0.0122. The van der Waals surface area contributed by atoms with Crippen LogP contribution in [0.4, 0.5) is 0 Å². The number of hydrogen-bond acceptors (Lipinski definition) is 12. The third kappa shape index (κ3) is 11.0. The highest BCUT2D eigenvalue weighted by atomic mass is 16.9. The lowest BCUT2D eigenvalue weighted by atomic mass is 10.2. The fraction of sp³-hybridized carbons (Fsp3) is 0.964. The van der Waals surface area contributed by atoms with Crippen LogP contribution in [0.3, 0.4) is 0 Å². The molecular formula is C28H60N6O6. The summed E-state index contributed by atoms with van der Waals surface area (Å²) in [6, 6.07) is 0. The summed E-state index contributed by atoms with van der Waals surface area (Å²) in [6.07, 6.45) is 0. The van der Waals surface area contributed by atoms with Crippen LogP contribution in [0.1, 0.15) is 83.1 Å². The normalized spacial score (nSPS) is 22.8. The smallest absolute Gasteiger partial charge is 0.340 e. The Balaban J connectivity index is 3.96. The van der Waals surface area contributed by atoms with Gasteiger partial charge < -0.3 is 15.2 Å². The Bertz CT molecular complexity index is 738. The summed E-state index contributed by atoms with van der Waals surface area (Å²) >= 11 is 0. The highest BCUT2D eigenvalue weighted by molar-refractivity contribution is 5.78. The van der Waals surface area contributed by atoms with E-state index in [0.29, 0.717) is 39.6 Å². The molecule has 1 aliphatic rings. The minimum atomic E-state index is -1.73. The zero-order chi connectivity index (χ0) is 30.7. The van der Waals surface area contributed by atoms with Gasteiger partial charge in [0, 0.05) is 7.05 Å². The first-order chi connectivity index (χ1) is 18.6. The van der Waals surface area contributed by atoms with E-state index < -0.39 is 11.9 Å². The predicted molar refractivity (Wildman–Crippen MR) is 156 cm³/mol. The molecule has 1 heterocycles. The molecule has 238 valence electrons. The molecule has 0 saturated carbocycles. The molecule has 2 unspecified atom stereocenters. The molecule has 2 atom stereocenters. The Morgan fingerprint density at radius 1 is 0.700 bits per heavy atom. The molecule has 0 fully saturated rings. The second-order valence-electron chi connectivity index (χ2n) is 13.0. The fourth-order valence-electron chi connectivity index (χ4n) is 3.30. The number of nitrogens with two attached hydrogens (primary N) is 1. The van der Waals surface area contributed by atoms with Crippen molar-refractivity contribution in [1.29, 1.82) is 0 Å². The van der Waals surface area contributed by atoms with Crippen molar-refractivity contribution in [3.63, 3.8) is 0 Å². The third-order valence-corrected chi connectivity index (χ3v) is 5.21. The van der Waals surface area contributed by atoms with Crippen LogP contribution >= 0.6 is 0 Å². The van der Waals surface area contributed by atoms with E-state index in [1.807, 2.05) is 0 Å². The van der Waals surface area contributed by atoms with E-state index >= 15 is 0 Å². The second kappa shape index (κ2) is 17.1. The van der Waals surface area contributed by atoms with Gasteiger partial charge in [-0.1, -0.05) is 88.1 Å². The van der Waals surface area contributed by atoms with E-state index in [2.05, 4.69) is 88.6 Å². The molecule has 12 nitrogen and oxygen atoms in total. The first-order valence-corrected chi connectivity index (χ1v) is 14.8. The highest BCUT2D eigenvalue weighted by Gasteiger charge is 2.65. The molecule has 1 rings (SSSR count). The molecule has 0 spiro atoms. The van der Waals surface area contributed by atoms with Crippen LogP contribution in [-0.2, 0) is 28.8 Å². The van der Waals surface area contributed by atoms with Crippen molar-refractivity contribution in [2.24, 2.45) is 46.2 Å². The number of nitrogens with one attached hydrogen (secondary N) is 1. The van der Waals surface area contributed by atoms with E-state index in [1.165, 1.54) is 10.1 Å². The first kappa shape index (κ1) is 36.9. The zero-order valence-corrected chi connectivity index (χ0v) is 27.5. The minimum Gasteiger partial charge on any atom is -0.368 e. The summed E-state index contributed by atoms with van der Waals surface area (Å²) in [4.78, 5) is 29.9. The van der Waals surface area contributed by atoms with E-state index in [4.69, 9.17) is 39.6 Å². The van der Waals surface area contributed by atoms with Crippen LogP contribution in [-0.4, -0.2) is 79.8 Å². The van der Waals surface area contributed by atoms with Gasteiger partial charge in [0.1, 0.15) is 0 Å². The molecule has 0 saturated heterocycles. The molecule has 0 radical (unpaired) electrons. The molecule has 0 aromatic carbocycles. The molecule has 0 aromatic rings. The summed E-state index contributed by atoms with van der Waals surface area (Å²) < 4.78 is 13.2. The zero-order valence-electron chi connectivity index (χ0n) is 27.5. The van der Waals surface area contributed by atoms with E-state index in [0.717, 1.165) is 0 Å². The summed E-state index contributed by atoms with van der Waals surface area (Å²) in [5.41, 5.74) is 9.74. The average Bonchev–Trinajstić information content (AvgIpc) is 2.82. The molecule has 1 aliphatic heterocycles. The van der Waals surface area contributed by atoms with Crippen molar-refractivity contribution in [1.82, 2.24) is 20.7 Å². The predicted octanol–water partition coefficient (Wildman–Crippen LogP) is 4.36. The van der Waals surface area contributed by atoms with Crippen LogP contribution in [0.5, 0.6) is 0 Å². The molecule has 0 amide bonds. The highest BCUT2D eigenvalue weighted by Crippen LogP contribution is 2.39. The van der Waals surface area contributed by atoms with Gasteiger partial charge in [0.2, 0.25) is 5.96 Å². The van der Waals surface area contributed by atoms with Crippen molar-refractivity contribution >= 4 is 5.96 Å². The van der Waals surface area contributed by atoms with Gasteiger partial charge in [-0.05, 0) is 35.5 Å². The maximum Gasteiger partial charge on any atom is 0.340 e. The average molecular weight is 577 g/mol. The van der Waals surface area contributed by atoms with Crippen LogP contribution in [0.2, 0.25) is 0 Å². The van der Waals surface area contributed by atoms with Crippen LogP contribution in [0.15, 0.2) is 4.99 Å². The van der Waals surface area contributed by atoms with Gasteiger partial charge in [-0.15, -0.1) is 10.5 Å². The molecule has 0 bridgehead atoms. The third-order valence-electron chi connectivity index (χ3n) is 5.21. The summed E-state index contributed by atoms with van der Waals surface area (Å²) in [5.74, 6) is -2.25. The van der Waals surface area contributed by atoms with Crippen molar-refractivity contribution < 1.29 is 28.8 Å². The number of hydroxylamine groups is 7. The van der Waals surface area contributed by atoms with E-state index in [-0.39, 0.29) is 41.5 Å². The second-order valence-corrected chi connectivity index (χ2v) is 13.0. The number of aliphatic imine (C=N–C) groups is 1. The maximum absolute atomic E-state index is 6.74. The van der Waals surface area contributed by atoms with Gasteiger partial charge in [0.05, 0.1) is 39.6 Å². The van der Waals surface area contributed by atoms with Gasteiger partial charge in [0.15, 0.2) is 0 Å². The van der Waals surface area contributed by atoms with Crippen molar-refractivity contribution in [2.45, 2.75) is 95.0 Å². The van der Waals surface area contributed by atoms with Crippen LogP contribution in [0.25, 0.3) is 0 Å². The number of rotatable bonds is 20. The summed E-state index contributed by atoms with van der Waals surface area (Å²) in [6.45, 7) is 26.8. The van der Waals surface area contributed by atoms with E-state index in [9.17, 15) is 0 Å². The van der Waals surface area contributed by atoms with Crippen molar-refractivity contribution in [2.75, 3.05) is 46.7 Å². The molecule has 40 heavy (non-hydrogen) atoms. The monoisotopic (exact) mass is 576 g/mol. The first-order valence-electron chi connectivity index (χ1n) is 14.8. The standard InChI is InChI=1S/C28H60N6O6/c1-20(2)14-35-27(31-37-16-22(5)6)30-26(29)33(39-18-24(9)10)28(36-15-21(3)4,32(13)38-17-23(7)8)34(27)40-19-25(11)12/h20-25,31H,14-19H2,1-13H3,(H2,29,30). The molecule has 12 heteroatoms. The largest absolute Gasteiger partial charge is 0.368 e. The van der Waals surface area contributed by atoms with E-state index in [1.54, 1.807) is 12.1 Å². The lowest BCUT2D eigenvalue weighted by Gasteiger charge is -2.57. The topological polar surface area (TPSA) is 116 Å². The lowest BCUT2D eigenvalue weighted by Crippen LogP contribution is -2.82. The number of hydrogen-bond donors (Lipinski definition) is 2. The van der Waals surface area contributed by atoms with Crippen molar-refractivity contribution in [3.8, 4) is 0 Å². The number of ether oxygens (including phenoxy) is 2. The number of guanidine groups is 1. The Morgan fingerprint density at radius 2 is 1.18 bits per heavy atom. The van der Waals surface area contributed by atoms with Gasteiger partial charge >= 0.3 is 11.9 Å². The fourth-order valence-corrected chi connectivity index (χ4v) is 3.30. The quantitative estimate of drug-likeness (QED) is 0.159. The Morgan fingerprint density at radius 3 is 1.68 bits per heavy atom. The maximum atomic E-state index is 6.74. The van der Waals surface area contributed by atoms with Gasteiger partial charge in [-0.3, -0.25) is 19.4 Å². The molecule has 0 aromatic heterocycles. The van der Waals surface area contributed by atoms with Gasteiger partial charge in [-0.25, -0.2) is 0 Å². The Kier molecular flexibility index (Phi) is 15.8. The molecule has 0 aliphatic carbocycles. The van der Waals surface area contributed by atoms with Gasteiger partial charge in [-0.2, -0.15) is 10.1 Å².